The van der Waals surface area contributed by atoms with E-state index in [1.807, 2.05) is 4.90 Å². The van der Waals surface area contributed by atoms with Gasteiger partial charge in [-0.15, -0.1) is 0 Å². The second-order valence-corrected chi connectivity index (χ2v) is 10.1. The van der Waals surface area contributed by atoms with E-state index in [-0.39, 0.29) is 35.2 Å². The van der Waals surface area contributed by atoms with Crippen molar-refractivity contribution in [2.75, 3.05) is 32.7 Å². The predicted octanol–water partition coefficient (Wildman–Crippen LogP) is 3.51. The molecule has 0 unspecified atom stereocenters. The lowest BCUT2D eigenvalue weighted by Gasteiger charge is -2.30. The summed E-state index contributed by atoms with van der Waals surface area (Å²) >= 11 is 0. The van der Waals surface area contributed by atoms with Crippen LogP contribution in [0, 0.1) is 10.8 Å². The van der Waals surface area contributed by atoms with Gasteiger partial charge >= 0.3 is 6.03 Å². The molecule has 0 bridgehead atoms. The first-order chi connectivity index (χ1) is 12.5. The first-order valence-electron chi connectivity index (χ1n) is 10.4. The topological polar surface area (TPSA) is 60.9 Å². The molecule has 2 aliphatic heterocycles. The quantitative estimate of drug-likeness (QED) is 0.576. The SMILES string of the molecule is CC(C)(C)CCCN1C(=O)CN(CC(C)(C)CCCN2CCCC2=O)C1=O. The minimum Gasteiger partial charge on any atom is -0.343 e. The highest BCUT2D eigenvalue weighted by Gasteiger charge is 2.38. The highest BCUT2D eigenvalue weighted by molar-refractivity contribution is 6.02. The van der Waals surface area contributed by atoms with Gasteiger partial charge in [-0.3, -0.25) is 14.5 Å². The van der Waals surface area contributed by atoms with Crippen LogP contribution < -0.4 is 0 Å². The Morgan fingerprint density at radius 3 is 2.11 bits per heavy atom. The molecule has 0 aromatic rings. The van der Waals surface area contributed by atoms with Gasteiger partial charge in [0.1, 0.15) is 6.54 Å². The van der Waals surface area contributed by atoms with Crippen LogP contribution in [0.2, 0.25) is 0 Å². The van der Waals surface area contributed by atoms with Crippen molar-refractivity contribution in [1.29, 1.82) is 0 Å². The van der Waals surface area contributed by atoms with Gasteiger partial charge in [0.2, 0.25) is 11.8 Å². The molecule has 6 heteroatoms. The zero-order valence-corrected chi connectivity index (χ0v) is 17.8. The van der Waals surface area contributed by atoms with Gasteiger partial charge in [0.15, 0.2) is 0 Å². The Labute approximate surface area is 164 Å². The molecular formula is C21H37N3O3. The van der Waals surface area contributed by atoms with Crippen molar-refractivity contribution in [3.8, 4) is 0 Å². The zero-order chi connectivity index (χ0) is 20.2. The van der Waals surface area contributed by atoms with Crippen molar-refractivity contribution in [3.05, 3.63) is 0 Å². The molecule has 2 fully saturated rings. The van der Waals surface area contributed by atoms with Crippen LogP contribution in [0.4, 0.5) is 4.79 Å². The van der Waals surface area contributed by atoms with Crippen molar-refractivity contribution < 1.29 is 14.4 Å². The van der Waals surface area contributed by atoms with E-state index in [2.05, 4.69) is 34.6 Å². The highest BCUT2D eigenvalue weighted by Crippen LogP contribution is 2.27. The molecule has 27 heavy (non-hydrogen) atoms. The molecule has 2 aliphatic rings. The number of nitrogens with zero attached hydrogens (tertiary/aromatic N) is 3. The minimum absolute atomic E-state index is 0.0693. The van der Waals surface area contributed by atoms with Crippen LogP contribution in [-0.4, -0.2) is 65.3 Å². The second-order valence-electron chi connectivity index (χ2n) is 10.1. The van der Waals surface area contributed by atoms with Gasteiger partial charge in [0.05, 0.1) is 0 Å². The number of hydrogen-bond donors (Lipinski definition) is 0. The number of urea groups is 1. The molecule has 4 amide bonds. The normalized spacial score (nSPS) is 19.0. The van der Waals surface area contributed by atoms with Gasteiger partial charge in [-0.1, -0.05) is 34.6 Å². The first kappa shape index (κ1) is 21.7. The van der Waals surface area contributed by atoms with E-state index in [0.717, 1.165) is 45.2 Å². The smallest absolute Gasteiger partial charge is 0.327 e. The average Bonchev–Trinajstić information content (AvgIpc) is 3.04. The summed E-state index contributed by atoms with van der Waals surface area (Å²) in [5, 5.41) is 0. The minimum atomic E-state index is -0.142. The summed E-state index contributed by atoms with van der Waals surface area (Å²) in [6.07, 6.45) is 5.35. The van der Waals surface area contributed by atoms with Crippen LogP contribution in [-0.2, 0) is 9.59 Å². The molecule has 0 radical (unpaired) electrons. The van der Waals surface area contributed by atoms with Gasteiger partial charge in [0.25, 0.3) is 0 Å². The lowest BCUT2D eigenvalue weighted by atomic mass is 9.87. The number of carbonyl (C=O) groups is 3. The maximum absolute atomic E-state index is 12.7. The van der Waals surface area contributed by atoms with Gasteiger partial charge < -0.3 is 9.80 Å². The third-order valence-corrected chi connectivity index (χ3v) is 5.51. The fourth-order valence-corrected chi connectivity index (χ4v) is 3.99. The number of carbonyl (C=O) groups excluding carboxylic acids is 3. The maximum Gasteiger partial charge on any atom is 0.327 e. The molecule has 2 rings (SSSR count). The van der Waals surface area contributed by atoms with Crippen LogP contribution in [0.1, 0.15) is 73.1 Å². The van der Waals surface area contributed by atoms with Gasteiger partial charge in [0, 0.05) is 32.6 Å². The maximum atomic E-state index is 12.7. The summed E-state index contributed by atoms with van der Waals surface area (Å²) in [6, 6.07) is -0.142. The lowest BCUT2D eigenvalue weighted by Crippen LogP contribution is -2.39. The van der Waals surface area contributed by atoms with Crippen LogP contribution in [0.5, 0.6) is 0 Å². The summed E-state index contributed by atoms with van der Waals surface area (Å²) in [4.78, 5) is 41.7. The number of rotatable bonds is 9. The molecule has 154 valence electrons. The first-order valence-corrected chi connectivity index (χ1v) is 10.4. The largest absolute Gasteiger partial charge is 0.343 e. The molecule has 0 aromatic heterocycles. The highest BCUT2D eigenvalue weighted by atomic mass is 16.2. The van der Waals surface area contributed by atoms with E-state index in [9.17, 15) is 14.4 Å². The van der Waals surface area contributed by atoms with Gasteiger partial charge in [-0.2, -0.15) is 0 Å². The Bertz CT molecular complexity index is 566. The van der Waals surface area contributed by atoms with Crippen molar-refractivity contribution in [3.63, 3.8) is 0 Å². The van der Waals surface area contributed by atoms with Crippen LogP contribution in [0.3, 0.4) is 0 Å². The summed E-state index contributed by atoms with van der Waals surface area (Å²) < 4.78 is 0. The fraction of sp³-hybridized carbons (Fsp3) is 0.857. The van der Waals surface area contributed by atoms with Crippen LogP contribution in [0.25, 0.3) is 0 Å². The van der Waals surface area contributed by atoms with Crippen molar-refractivity contribution in [2.24, 2.45) is 10.8 Å². The summed E-state index contributed by atoms with van der Waals surface area (Å²) in [5.41, 5.74) is 0.143. The molecule has 6 nitrogen and oxygen atoms in total. The summed E-state index contributed by atoms with van der Waals surface area (Å²) in [5.74, 6) is 0.186. The van der Waals surface area contributed by atoms with E-state index in [0.29, 0.717) is 19.5 Å². The van der Waals surface area contributed by atoms with E-state index in [1.165, 1.54) is 4.90 Å². The van der Waals surface area contributed by atoms with Crippen LogP contribution >= 0.6 is 0 Å². The number of amides is 4. The van der Waals surface area contributed by atoms with E-state index in [1.54, 1.807) is 4.90 Å². The lowest BCUT2D eigenvalue weighted by molar-refractivity contribution is -0.128. The third kappa shape index (κ3) is 6.51. The molecule has 0 aliphatic carbocycles. The number of hydrogen-bond acceptors (Lipinski definition) is 3. The summed E-state index contributed by atoms with van der Waals surface area (Å²) in [6.45, 7) is 13.8. The number of imide groups is 1. The average molecular weight is 380 g/mol. The van der Waals surface area contributed by atoms with Gasteiger partial charge in [-0.05, 0) is 42.9 Å². The Morgan fingerprint density at radius 1 is 0.852 bits per heavy atom. The van der Waals surface area contributed by atoms with E-state index in [4.69, 9.17) is 0 Å². The Balaban J connectivity index is 1.78. The molecule has 0 N–H and O–H groups in total. The molecule has 2 heterocycles. The molecule has 2 saturated heterocycles. The summed E-state index contributed by atoms with van der Waals surface area (Å²) in [7, 11) is 0. The Kier molecular flexibility index (Phi) is 6.92. The molecule has 0 atom stereocenters. The molecule has 0 spiro atoms. The standard InChI is InChI=1S/C21H37N3O3/c1-20(2,3)10-7-14-24-18(26)15-23(19(24)27)16-21(4,5)11-8-13-22-12-6-9-17(22)25/h6-16H2,1-5H3. The molecule has 0 aromatic carbocycles. The monoisotopic (exact) mass is 379 g/mol. The van der Waals surface area contributed by atoms with Crippen molar-refractivity contribution in [2.45, 2.75) is 73.1 Å². The van der Waals surface area contributed by atoms with E-state index < -0.39 is 0 Å². The van der Waals surface area contributed by atoms with E-state index >= 15 is 0 Å². The van der Waals surface area contributed by atoms with Crippen molar-refractivity contribution >= 4 is 17.8 Å². The predicted molar refractivity (Wildman–Crippen MR) is 106 cm³/mol. The second kappa shape index (κ2) is 8.61. The number of likely N-dealkylation sites (tertiary alicyclic amines) is 1. The zero-order valence-electron chi connectivity index (χ0n) is 17.8. The fourth-order valence-electron chi connectivity index (χ4n) is 3.99. The Morgan fingerprint density at radius 2 is 1.52 bits per heavy atom. The molecule has 0 saturated carbocycles. The van der Waals surface area contributed by atoms with Crippen molar-refractivity contribution in [1.82, 2.24) is 14.7 Å². The molecular weight excluding hydrogens is 342 g/mol. The van der Waals surface area contributed by atoms with Crippen LogP contribution in [0.15, 0.2) is 0 Å². The van der Waals surface area contributed by atoms with Gasteiger partial charge in [-0.25, -0.2) is 4.79 Å². The third-order valence-electron chi connectivity index (χ3n) is 5.51. The Hall–Kier alpha value is -1.59.